The minimum atomic E-state index is -4.25. The average Bonchev–Trinajstić information content (AvgIpc) is 3.03. The highest BCUT2D eigenvalue weighted by molar-refractivity contribution is 7.92. The van der Waals surface area contributed by atoms with Gasteiger partial charge in [0.1, 0.15) is 18.3 Å². The maximum absolute atomic E-state index is 14.5. The first-order valence-corrected chi connectivity index (χ1v) is 16.5. The number of nitrogens with one attached hydrogen (secondary N) is 1. The first-order valence-electron chi connectivity index (χ1n) is 14.6. The zero-order valence-electron chi connectivity index (χ0n) is 25.9. The zero-order chi connectivity index (χ0) is 32.6. The van der Waals surface area contributed by atoms with Crippen LogP contribution in [0.25, 0.3) is 0 Å². The molecule has 1 atom stereocenters. The molecular formula is C35H38ClN3O5S. The summed E-state index contributed by atoms with van der Waals surface area (Å²) in [5.74, 6) is -0.517. The predicted octanol–water partition coefficient (Wildman–Crippen LogP) is 5.94. The monoisotopic (exact) mass is 647 g/mol. The van der Waals surface area contributed by atoms with Crippen LogP contribution in [0.1, 0.15) is 29.2 Å². The number of benzene rings is 4. The zero-order valence-corrected chi connectivity index (χ0v) is 27.4. The molecule has 0 aromatic heterocycles. The van der Waals surface area contributed by atoms with Crippen molar-refractivity contribution in [1.82, 2.24) is 10.2 Å². The van der Waals surface area contributed by atoms with E-state index < -0.39 is 28.5 Å². The van der Waals surface area contributed by atoms with E-state index in [0.29, 0.717) is 12.3 Å². The molecule has 1 unspecified atom stereocenters. The molecule has 0 saturated carbocycles. The standard InChI is InChI=1S/C35H38ClN3O5S/c1-5-37-35(41)32(21-27-12-7-6-8-13-27)38(23-28-14-10-9-11-26(28)3)34(40)24-39(29-17-20-33(44-4)31(36)22-29)45(42,43)30-18-15-25(2)16-19-30/h6-20,22,32H,5,21,23-24H2,1-4H3,(H,37,41). The van der Waals surface area contributed by atoms with Gasteiger partial charge < -0.3 is 15.0 Å². The number of nitrogens with zero attached hydrogens (tertiary/aromatic N) is 2. The summed E-state index contributed by atoms with van der Waals surface area (Å²) in [4.78, 5) is 29.6. The van der Waals surface area contributed by atoms with Gasteiger partial charge in [-0.2, -0.15) is 0 Å². The molecule has 0 heterocycles. The fourth-order valence-corrected chi connectivity index (χ4v) is 6.65. The van der Waals surface area contributed by atoms with E-state index in [1.807, 2.05) is 75.4 Å². The summed E-state index contributed by atoms with van der Waals surface area (Å²) in [6.07, 6.45) is 0.239. The highest BCUT2D eigenvalue weighted by Gasteiger charge is 2.35. The number of carbonyl (C=O) groups excluding carboxylic acids is 2. The van der Waals surface area contributed by atoms with Gasteiger partial charge in [-0.25, -0.2) is 8.42 Å². The topological polar surface area (TPSA) is 96.0 Å². The van der Waals surface area contributed by atoms with Crippen LogP contribution in [-0.4, -0.2) is 51.4 Å². The van der Waals surface area contributed by atoms with Crippen LogP contribution in [0.3, 0.4) is 0 Å². The number of aryl methyl sites for hydroxylation is 2. The van der Waals surface area contributed by atoms with Crippen molar-refractivity contribution in [3.8, 4) is 5.75 Å². The molecule has 0 aliphatic heterocycles. The van der Waals surface area contributed by atoms with Crippen molar-refractivity contribution in [2.24, 2.45) is 0 Å². The maximum Gasteiger partial charge on any atom is 0.264 e. The van der Waals surface area contributed by atoms with Gasteiger partial charge in [0.05, 0.1) is 22.7 Å². The van der Waals surface area contributed by atoms with Crippen molar-refractivity contribution in [3.05, 3.63) is 124 Å². The molecular weight excluding hydrogens is 610 g/mol. The molecule has 10 heteroatoms. The van der Waals surface area contributed by atoms with Crippen LogP contribution in [0, 0.1) is 13.8 Å². The molecule has 8 nitrogen and oxygen atoms in total. The molecule has 0 spiro atoms. The van der Waals surface area contributed by atoms with Gasteiger partial charge >= 0.3 is 0 Å². The fraction of sp³-hybridized carbons (Fsp3) is 0.257. The van der Waals surface area contributed by atoms with Crippen LogP contribution >= 0.6 is 11.6 Å². The van der Waals surface area contributed by atoms with Crippen LogP contribution in [0.4, 0.5) is 5.69 Å². The quantitative estimate of drug-likeness (QED) is 0.194. The van der Waals surface area contributed by atoms with Crippen molar-refractivity contribution in [2.45, 2.75) is 44.7 Å². The van der Waals surface area contributed by atoms with E-state index in [2.05, 4.69) is 5.32 Å². The smallest absolute Gasteiger partial charge is 0.264 e. The fourth-order valence-electron chi connectivity index (χ4n) is 4.99. The molecule has 0 bridgehead atoms. The first kappa shape index (κ1) is 33.6. The molecule has 2 amide bonds. The lowest BCUT2D eigenvalue weighted by Crippen LogP contribution is -2.53. The van der Waals surface area contributed by atoms with Gasteiger partial charge in [0.25, 0.3) is 10.0 Å². The average molecular weight is 648 g/mol. The minimum Gasteiger partial charge on any atom is -0.495 e. The summed E-state index contributed by atoms with van der Waals surface area (Å²) < 4.78 is 34.7. The number of hydrogen-bond acceptors (Lipinski definition) is 5. The molecule has 4 rings (SSSR count). The number of halogens is 1. The van der Waals surface area contributed by atoms with E-state index in [1.54, 1.807) is 24.3 Å². The minimum absolute atomic E-state index is 0.0165. The highest BCUT2D eigenvalue weighted by Crippen LogP contribution is 2.32. The number of sulfonamides is 1. The van der Waals surface area contributed by atoms with Crippen LogP contribution in [0.15, 0.2) is 102 Å². The molecule has 1 N–H and O–H groups in total. The lowest BCUT2D eigenvalue weighted by atomic mass is 10.0. The molecule has 0 saturated heterocycles. The van der Waals surface area contributed by atoms with Crippen LogP contribution in [-0.2, 0) is 32.6 Å². The summed E-state index contributed by atoms with van der Waals surface area (Å²) in [6, 6.07) is 27.1. The third kappa shape index (κ3) is 8.23. The van der Waals surface area contributed by atoms with Crippen molar-refractivity contribution in [2.75, 3.05) is 24.5 Å². The Morgan fingerprint density at radius 1 is 0.911 bits per heavy atom. The summed E-state index contributed by atoms with van der Waals surface area (Å²) in [7, 11) is -2.78. The Bertz CT molecular complexity index is 1730. The van der Waals surface area contributed by atoms with Crippen LogP contribution < -0.4 is 14.4 Å². The van der Waals surface area contributed by atoms with E-state index in [-0.39, 0.29) is 34.5 Å². The molecule has 4 aromatic carbocycles. The molecule has 0 fully saturated rings. The number of anilines is 1. The molecule has 236 valence electrons. The summed E-state index contributed by atoms with van der Waals surface area (Å²) in [6.45, 7) is 5.50. The number of hydrogen-bond donors (Lipinski definition) is 1. The summed E-state index contributed by atoms with van der Waals surface area (Å²) in [5, 5.41) is 3.06. The Hall–Kier alpha value is -4.34. The van der Waals surface area contributed by atoms with E-state index in [4.69, 9.17) is 16.3 Å². The van der Waals surface area contributed by atoms with Crippen LogP contribution in [0.2, 0.25) is 5.02 Å². The van der Waals surface area contributed by atoms with Gasteiger partial charge in [-0.15, -0.1) is 0 Å². The van der Waals surface area contributed by atoms with Crippen molar-refractivity contribution < 1.29 is 22.7 Å². The largest absolute Gasteiger partial charge is 0.495 e. The Balaban J connectivity index is 1.83. The lowest BCUT2D eigenvalue weighted by Gasteiger charge is -2.34. The molecule has 0 radical (unpaired) electrons. The van der Waals surface area contributed by atoms with Gasteiger partial charge in [0.15, 0.2) is 0 Å². The van der Waals surface area contributed by atoms with E-state index in [1.165, 1.54) is 30.2 Å². The SMILES string of the molecule is CCNC(=O)C(Cc1ccccc1)N(Cc1ccccc1C)C(=O)CN(c1ccc(OC)c(Cl)c1)S(=O)(=O)c1ccc(C)cc1. The highest BCUT2D eigenvalue weighted by atomic mass is 35.5. The Labute approximate surface area is 270 Å². The Morgan fingerprint density at radius 2 is 1.58 bits per heavy atom. The Kier molecular flexibility index (Phi) is 11.3. The second-order valence-corrected chi connectivity index (χ2v) is 13.0. The molecule has 0 aliphatic rings. The van der Waals surface area contributed by atoms with Gasteiger partial charge in [-0.1, -0.05) is 83.9 Å². The van der Waals surface area contributed by atoms with E-state index in [9.17, 15) is 18.0 Å². The van der Waals surface area contributed by atoms with Crippen molar-refractivity contribution in [1.29, 1.82) is 0 Å². The predicted molar refractivity (Wildman–Crippen MR) is 178 cm³/mol. The lowest BCUT2D eigenvalue weighted by molar-refractivity contribution is -0.140. The third-order valence-corrected chi connectivity index (χ3v) is 9.62. The third-order valence-electron chi connectivity index (χ3n) is 7.54. The molecule has 0 aliphatic carbocycles. The summed E-state index contributed by atoms with van der Waals surface area (Å²) in [5.41, 5.74) is 3.72. The van der Waals surface area contributed by atoms with Gasteiger partial charge in [0, 0.05) is 19.5 Å². The number of carbonyl (C=O) groups is 2. The summed E-state index contributed by atoms with van der Waals surface area (Å²) >= 11 is 6.44. The molecule has 45 heavy (non-hydrogen) atoms. The number of rotatable bonds is 13. The number of likely N-dealkylation sites (N-methyl/N-ethyl adjacent to an activating group) is 1. The van der Waals surface area contributed by atoms with Gasteiger partial charge in [0.2, 0.25) is 11.8 Å². The number of methoxy groups -OCH3 is 1. The second-order valence-electron chi connectivity index (χ2n) is 10.7. The van der Waals surface area contributed by atoms with Crippen molar-refractivity contribution in [3.63, 3.8) is 0 Å². The Morgan fingerprint density at radius 3 is 2.20 bits per heavy atom. The maximum atomic E-state index is 14.5. The van der Waals surface area contributed by atoms with Crippen molar-refractivity contribution >= 4 is 39.1 Å². The second kappa shape index (κ2) is 15.1. The molecule has 4 aromatic rings. The number of amides is 2. The van der Waals surface area contributed by atoms with E-state index in [0.717, 1.165) is 26.6 Å². The van der Waals surface area contributed by atoms with Gasteiger partial charge in [-0.05, 0) is 67.8 Å². The van der Waals surface area contributed by atoms with Crippen LogP contribution in [0.5, 0.6) is 5.75 Å². The number of ether oxygens (including phenoxy) is 1. The van der Waals surface area contributed by atoms with Gasteiger partial charge in [-0.3, -0.25) is 13.9 Å². The first-order chi connectivity index (χ1) is 21.5. The normalized spacial score (nSPS) is 11.8. The van der Waals surface area contributed by atoms with E-state index >= 15 is 0 Å².